The molecule has 17 heavy (non-hydrogen) atoms. The first-order chi connectivity index (χ1) is 8.18. The Kier molecular flexibility index (Phi) is 3.73. The van der Waals surface area contributed by atoms with Crippen molar-refractivity contribution in [1.29, 1.82) is 0 Å². The molecule has 1 fully saturated rings. The van der Waals surface area contributed by atoms with E-state index in [9.17, 15) is 9.59 Å². The van der Waals surface area contributed by atoms with E-state index in [0.29, 0.717) is 13.1 Å². The Morgan fingerprint density at radius 2 is 2.18 bits per heavy atom. The fraction of sp³-hybridized carbons (Fsp3) is 0.455. The summed E-state index contributed by atoms with van der Waals surface area (Å²) in [5.41, 5.74) is 0.0116. The van der Waals surface area contributed by atoms with E-state index in [-0.39, 0.29) is 17.2 Å². The van der Waals surface area contributed by atoms with Crippen LogP contribution in [-0.4, -0.2) is 46.5 Å². The summed E-state index contributed by atoms with van der Waals surface area (Å²) >= 11 is 1.82. The van der Waals surface area contributed by atoms with E-state index in [0.717, 1.165) is 24.2 Å². The molecule has 1 aliphatic heterocycles. The van der Waals surface area contributed by atoms with Crippen LogP contribution in [0.25, 0.3) is 0 Å². The summed E-state index contributed by atoms with van der Waals surface area (Å²) in [5, 5.41) is 8.75. The van der Waals surface area contributed by atoms with E-state index in [1.807, 2.05) is 11.8 Å². The van der Waals surface area contributed by atoms with Crippen molar-refractivity contribution in [3.8, 4) is 0 Å². The van der Waals surface area contributed by atoms with Crippen LogP contribution < -0.4 is 0 Å². The van der Waals surface area contributed by atoms with Gasteiger partial charge in [0.2, 0.25) is 0 Å². The first-order valence-electron chi connectivity index (χ1n) is 5.37. The van der Waals surface area contributed by atoms with Gasteiger partial charge in [-0.3, -0.25) is 4.79 Å². The van der Waals surface area contributed by atoms with E-state index in [4.69, 9.17) is 9.52 Å². The zero-order chi connectivity index (χ0) is 12.3. The van der Waals surface area contributed by atoms with Crippen LogP contribution in [0, 0.1) is 0 Å². The van der Waals surface area contributed by atoms with Crippen molar-refractivity contribution in [2.45, 2.75) is 6.42 Å². The van der Waals surface area contributed by atoms with E-state index in [1.165, 1.54) is 6.07 Å². The Hall–Kier alpha value is -1.43. The highest BCUT2D eigenvalue weighted by Gasteiger charge is 2.21. The number of nitrogens with zero attached hydrogens (tertiary/aromatic N) is 1. The molecule has 5 nitrogen and oxygen atoms in total. The number of rotatable bonds is 2. The van der Waals surface area contributed by atoms with Gasteiger partial charge in [0, 0.05) is 24.9 Å². The maximum absolute atomic E-state index is 12.0. The number of furan rings is 1. The number of thioether (sulfide) groups is 1. The minimum absolute atomic E-state index is 0.0116. The highest BCUT2D eigenvalue weighted by Crippen LogP contribution is 2.15. The maximum atomic E-state index is 12.0. The molecule has 2 rings (SSSR count). The number of amides is 1. The van der Waals surface area contributed by atoms with Gasteiger partial charge in [-0.15, -0.1) is 0 Å². The van der Waals surface area contributed by atoms with Crippen LogP contribution >= 0.6 is 11.8 Å². The number of carboxylic acids is 1. The predicted molar refractivity (Wildman–Crippen MR) is 63.5 cm³/mol. The summed E-state index contributed by atoms with van der Waals surface area (Å²) in [6, 6.07) is 1.28. The van der Waals surface area contributed by atoms with Crippen molar-refractivity contribution in [1.82, 2.24) is 4.90 Å². The Morgan fingerprint density at radius 3 is 2.88 bits per heavy atom. The monoisotopic (exact) mass is 255 g/mol. The quantitative estimate of drug-likeness (QED) is 0.868. The first kappa shape index (κ1) is 12.0. The van der Waals surface area contributed by atoms with Crippen LogP contribution in [0.15, 0.2) is 16.7 Å². The topological polar surface area (TPSA) is 70.7 Å². The molecular weight excluding hydrogens is 242 g/mol. The van der Waals surface area contributed by atoms with E-state index in [1.54, 1.807) is 4.90 Å². The molecule has 0 aliphatic carbocycles. The molecular formula is C11H13NO4S. The normalized spacial score (nSPS) is 16.6. The number of aromatic carboxylic acids is 1. The lowest BCUT2D eigenvalue weighted by atomic mass is 10.3. The van der Waals surface area contributed by atoms with Crippen LogP contribution in [0.3, 0.4) is 0 Å². The van der Waals surface area contributed by atoms with Crippen LogP contribution in [0.2, 0.25) is 0 Å². The molecule has 1 amide bonds. The molecule has 2 heterocycles. The van der Waals surface area contributed by atoms with Crippen LogP contribution in [-0.2, 0) is 0 Å². The smallest absolute Gasteiger partial charge is 0.338 e. The molecule has 0 bridgehead atoms. The fourth-order valence-corrected chi connectivity index (χ4v) is 2.55. The average Bonchev–Trinajstić information content (AvgIpc) is 2.65. The lowest BCUT2D eigenvalue weighted by Gasteiger charge is -2.18. The second kappa shape index (κ2) is 5.27. The summed E-state index contributed by atoms with van der Waals surface area (Å²) in [7, 11) is 0. The Morgan fingerprint density at radius 1 is 1.35 bits per heavy atom. The molecule has 1 aromatic rings. The van der Waals surface area contributed by atoms with Crippen LogP contribution in [0.1, 0.15) is 27.3 Å². The Balaban J connectivity index is 2.09. The Labute approximate surface area is 103 Å². The molecule has 0 spiro atoms. The summed E-state index contributed by atoms with van der Waals surface area (Å²) < 4.78 is 5.00. The second-order valence-corrected chi connectivity index (χ2v) is 4.99. The number of carbonyl (C=O) groups is 2. The van der Waals surface area contributed by atoms with E-state index >= 15 is 0 Å². The molecule has 0 atom stereocenters. The molecule has 1 saturated heterocycles. The lowest BCUT2D eigenvalue weighted by molar-refractivity contribution is 0.0694. The molecule has 0 saturated carbocycles. The van der Waals surface area contributed by atoms with Gasteiger partial charge >= 0.3 is 5.97 Å². The van der Waals surface area contributed by atoms with Gasteiger partial charge in [0.1, 0.15) is 6.26 Å². The number of carbonyl (C=O) groups excluding carboxylic acids is 1. The lowest BCUT2D eigenvalue weighted by Crippen LogP contribution is -2.32. The van der Waals surface area contributed by atoms with Gasteiger partial charge in [0.25, 0.3) is 5.91 Å². The maximum Gasteiger partial charge on any atom is 0.338 e. The van der Waals surface area contributed by atoms with E-state index in [2.05, 4.69) is 0 Å². The van der Waals surface area contributed by atoms with Gasteiger partial charge in [0.05, 0.1) is 5.56 Å². The van der Waals surface area contributed by atoms with Gasteiger partial charge in [-0.2, -0.15) is 11.8 Å². The minimum Gasteiger partial charge on any atom is -0.478 e. The third-order valence-electron chi connectivity index (χ3n) is 2.57. The van der Waals surface area contributed by atoms with Crippen LogP contribution in [0.5, 0.6) is 0 Å². The molecule has 0 radical (unpaired) electrons. The SMILES string of the molecule is O=C(O)c1coc(C(=O)N2CCCSCC2)c1. The van der Waals surface area contributed by atoms with Crippen molar-refractivity contribution < 1.29 is 19.1 Å². The standard InChI is InChI=1S/C11H13NO4S/c13-10(12-2-1-4-17-5-3-12)9-6-8(7-16-9)11(14)15/h6-7H,1-5H2,(H,14,15). The van der Waals surface area contributed by atoms with Crippen molar-refractivity contribution in [2.24, 2.45) is 0 Å². The van der Waals surface area contributed by atoms with Gasteiger partial charge in [-0.05, 0) is 12.2 Å². The highest BCUT2D eigenvalue weighted by molar-refractivity contribution is 7.99. The molecule has 1 aromatic heterocycles. The van der Waals surface area contributed by atoms with Gasteiger partial charge in [-0.1, -0.05) is 0 Å². The third-order valence-corrected chi connectivity index (χ3v) is 3.62. The summed E-state index contributed by atoms with van der Waals surface area (Å²) in [5.74, 6) is 0.772. The van der Waals surface area contributed by atoms with Crippen molar-refractivity contribution in [3.05, 3.63) is 23.7 Å². The van der Waals surface area contributed by atoms with Crippen molar-refractivity contribution in [2.75, 3.05) is 24.6 Å². The van der Waals surface area contributed by atoms with Gasteiger partial charge in [-0.25, -0.2) is 4.79 Å². The van der Waals surface area contributed by atoms with Gasteiger partial charge in [0.15, 0.2) is 5.76 Å². The second-order valence-electron chi connectivity index (χ2n) is 3.76. The first-order valence-corrected chi connectivity index (χ1v) is 6.53. The highest BCUT2D eigenvalue weighted by atomic mass is 32.2. The largest absolute Gasteiger partial charge is 0.478 e. The predicted octanol–water partition coefficient (Wildman–Crippen LogP) is 1.56. The molecule has 0 aromatic carbocycles. The summed E-state index contributed by atoms with van der Waals surface area (Å²) in [4.78, 5) is 24.4. The fourth-order valence-electron chi connectivity index (χ4n) is 1.67. The molecule has 1 N–H and O–H groups in total. The molecule has 0 unspecified atom stereocenters. The van der Waals surface area contributed by atoms with Crippen LogP contribution in [0.4, 0.5) is 0 Å². The van der Waals surface area contributed by atoms with Crippen molar-refractivity contribution >= 4 is 23.6 Å². The van der Waals surface area contributed by atoms with Gasteiger partial charge < -0.3 is 14.4 Å². The summed E-state index contributed by atoms with van der Waals surface area (Å²) in [6.45, 7) is 1.39. The molecule has 1 aliphatic rings. The van der Waals surface area contributed by atoms with E-state index < -0.39 is 5.97 Å². The average molecular weight is 255 g/mol. The molecule has 92 valence electrons. The van der Waals surface area contributed by atoms with Crippen molar-refractivity contribution in [3.63, 3.8) is 0 Å². The molecule has 6 heteroatoms. The zero-order valence-corrected chi connectivity index (χ0v) is 10.0. The Bertz CT molecular complexity index is 421. The minimum atomic E-state index is -1.08. The third kappa shape index (κ3) is 2.82. The summed E-state index contributed by atoms with van der Waals surface area (Å²) in [6.07, 6.45) is 2.06. The number of carboxylic acid groups (broad SMARTS) is 1. The zero-order valence-electron chi connectivity index (χ0n) is 9.22. The number of hydrogen-bond donors (Lipinski definition) is 1. The number of hydrogen-bond acceptors (Lipinski definition) is 4.